The van der Waals surface area contributed by atoms with Crippen LogP contribution in [0, 0.1) is 5.92 Å². The highest BCUT2D eigenvalue weighted by Gasteiger charge is 2.18. The van der Waals surface area contributed by atoms with Gasteiger partial charge in [-0.15, -0.1) is 0 Å². The minimum absolute atomic E-state index is 0.0475. The van der Waals surface area contributed by atoms with Crippen molar-refractivity contribution in [2.45, 2.75) is 25.2 Å². The number of aromatic carboxylic acids is 1. The van der Waals surface area contributed by atoms with E-state index < -0.39 is 16.0 Å². The first-order valence-corrected chi connectivity index (χ1v) is 8.72. The van der Waals surface area contributed by atoms with Gasteiger partial charge in [0, 0.05) is 0 Å². The van der Waals surface area contributed by atoms with Crippen molar-refractivity contribution >= 4 is 21.7 Å². The normalized spacial score (nSPS) is 11.4. The number of nitrogens with one attached hydrogen (secondary N) is 1. The first-order chi connectivity index (χ1) is 10.8. The molecular weight excluding hydrogens is 314 g/mol. The monoisotopic (exact) mass is 333 g/mol. The fourth-order valence-corrected chi connectivity index (χ4v) is 3.32. The molecule has 0 aliphatic carbocycles. The average Bonchev–Trinajstić information content (AvgIpc) is 2.47. The second-order valence-electron chi connectivity index (χ2n) is 5.70. The second kappa shape index (κ2) is 6.83. The van der Waals surface area contributed by atoms with E-state index in [-0.39, 0.29) is 16.1 Å². The van der Waals surface area contributed by atoms with Gasteiger partial charge in [-0.3, -0.25) is 4.72 Å². The molecule has 0 amide bonds. The summed E-state index contributed by atoms with van der Waals surface area (Å²) in [6.07, 6.45) is 0.871. The van der Waals surface area contributed by atoms with E-state index in [4.69, 9.17) is 5.11 Å². The van der Waals surface area contributed by atoms with Crippen LogP contribution in [0.2, 0.25) is 0 Å². The van der Waals surface area contributed by atoms with Crippen LogP contribution in [0.4, 0.5) is 5.69 Å². The zero-order valence-corrected chi connectivity index (χ0v) is 13.8. The minimum Gasteiger partial charge on any atom is -0.478 e. The first kappa shape index (κ1) is 17.0. The number of hydrogen-bond donors (Lipinski definition) is 2. The summed E-state index contributed by atoms with van der Waals surface area (Å²) < 4.78 is 27.1. The molecule has 2 aromatic carbocycles. The highest BCUT2D eigenvalue weighted by atomic mass is 32.2. The Labute approximate surface area is 136 Å². The first-order valence-electron chi connectivity index (χ1n) is 7.23. The van der Waals surface area contributed by atoms with Crippen LogP contribution in [-0.4, -0.2) is 19.5 Å². The van der Waals surface area contributed by atoms with Gasteiger partial charge in [0.1, 0.15) is 0 Å². The van der Waals surface area contributed by atoms with Crippen molar-refractivity contribution in [2.24, 2.45) is 5.92 Å². The number of benzene rings is 2. The molecule has 0 atom stereocenters. The largest absolute Gasteiger partial charge is 0.478 e. The molecular formula is C17H19NO4S. The van der Waals surface area contributed by atoms with Crippen molar-refractivity contribution in [1.82, 2.24) is 0 Å². The number of sulfonamides is 1. The molecule has 0 saturated heterocycles. The van der Waals surface area contributed by atoms with Crippen molar-refractivity contribution in [1.29, 1.82) is 0 Å². The molecule has 5 nitrogen and oxygen atoms in total. The molecule has 0 bridgehead atoms. The summed E-state index contributed by atoms with van der Waals surface area (Å²) in [6.45, 7) is 4.18. The Morgan fingerprint density at radius 1 is 1.09 bits per heavy atom. The summed E-state index contributed by atoms with van der Waals surface area (Å²) in [5.41, 5.74) is 1.02. The van der Waals surface area contributed by atoms with Gasteiger partial charge in [-0.2, -0.15) is 0 Å². The van der Waals surface area contributed by atoms with Crippen molar-refractivity contribution < 1.29 is 18.3 Å². The fraction of sp³-hybridized carbons (Fsp3) is 0.235. The maximum absolute atomic E-state index is 12.4. The molecule has 2 aromatic rings. The second-order valence-corrected chi connectivity index (χ2v) is 7.38. The molecule has 0 radical (unpaired) electrons. The van der Waals surface area contributed by atoms with Crippen LogP contribution in [0.1, 0.15) is 29.8 Å². The predicted octanol–water partition coefficient (Wildman–Crippen LogP) is 3.38. The zero-order valence-electron chi connectivity index (χ0n) is 13.0. The molecule has 0 aliphatic heterocycles. The Morgan fingerprint density at radius 2 is 1.70 bits per heavy atom. The molecule has 2 rings (SSSR count). The van der Waals surface area contributed by atoms with E-state index >= 15 is 0 Å². The number of anilines is 1. The molecule has 0 aromatic heterocycles. The number of para-hydroxylation sites is 1. The maximum atomic E-state index is 12.4. The summed E-state index contributed by atoms with van der Waals surface area (Å²) in [5.74, 6) is -0.700. The Hall–Kier alpha value is -2.34. The molecule has 0 spiro atoms. The van der Waals surface area contributed by atoms with E-state index in [0.29, 0.717) is 5.92 Å². The number of rotatable bonds is 6. The molecule has 23 heavy (non-hydrogen) atoms. The van der Waals surface area contributed by atoms with Crippen LogP contribution < -0.4 is 4.72 Å². The van der Waals surface area contributed by atoms with E-state index in [2.05, 4.69) is 18.6 Å². The van der Waals surface area contributed by atoms with Gasteiger partial charge in [0.15, 0.2) is 0 Å². The molecule has 6 heteroatoms. The van der Waals surface area contributed by atoms with E-state index in [1.165, 1.54) is 24.3 Å². The molecule has 0 unspecified atom stereocenters. The lowest BCUT2D eigenvalue weighted by atomic mass is 10.0. The van der Waals surface area contributed by atoms with Crippen LogP contribution in [0.25, 0.3) is 0 Å². The van der Waals surface area contributed by atoms with Crippen LogP contribution in [-0.2, 0) is 16.4 Å². The topological polar surface area (TPSA) is 83.5 Å². The molecule has 122 valence electrons. The maximum Gasteiger partial charge on any atom is 0.337 e. The third-order valence-corrected chi connectivity index (χ3v) is 4.66. The van der Waals surface area contributed by atoms with Gasteiger partial charge >= 0.3 is 5.97 Å². The van der Waals surface area contributed by atoms with Gasteiger partial charge in [0.2, 0.25) is 0 Å². The Kier molecular flexibility index (Phi) is 5.05. The Balaban J connectivity index is 2.27. The SMILES string of the molecule is CC(C)Cc1ccc(S(=O)(=O)Nc2ccccc2C(=O)O)cc1. The van der Waals surface area contributed by atoms with E-state index in [9.17, 15) is 13.2 Å². The molecule has 0 aliphatic rings. The standard InChI is InChI=1S/C17H19NO4S/c1-12(2)11-13-7-9-14(10-8-13)23(21,22)18-16-6-4-3-5-15(16)17(19)20/h3-10,12,18H,11H2,1-2H3,(H,19,20). The highest BCUT2D eigenvalue weighted by molar-refractivity contribution is 7.92. The number of hydrogen-bond acceptors (Lipinski definition) is 3. The number of carboxylic acids is 1. The van der Waals surface area contributed by atoms with Gasteiger partial charge < -0.3 is 5.11 Å². The third-order valence-electron chi connectivity index (χ3n) is 3.28. The smallest absolute Gasteiger partial charge is 0.337 e. The lowest BCUT2D eigenvalue weighted by Crippen LogP contribution is -2.15. The van der Waals surface area contributed by atoms with Crippen molar-refractivity contribution in [2.75, 3.05) is 4.72 Å². The van der Waals surface area contributed by atoms with Crippen molar-refractivity contribution in [3.05, 3.63) is 59.7 Å². The van der Waals surface area contributed by atoms with Gasteiger partial charge in [-0.25, -0.2) is 13.2 Å². The molecule has 0 heterocycles. The fourth-order valence-electron chi connectivity index (χ4n) is 2.24. The van der Waals surface area contributed by atoms with Crippen molar-refractivity contribution in [3.63, 3.8) is 0 Å². The van der Waals surface area contributed by atoms with E-state index in [0.717, 1.165) is 12.0 Å². The number of carbonyl (C=O) groups is 1. The van der Waals surface area contributed by atoms with E-state index in [1.807, 2.05) is 0 Å². The van der Waals surface area contributed by atoms with Crippen LogP contribution in [0.15, 0.2) is 53.4 Å². The summed E-state index contributed by atoms with van der Waals surface area (Å²) in [6, 6.07) is 12.5. The van der Waals surface area contributed by atoms with Crippen LogP contribution in [0.5, 0.6) is 0 Å². The van der Waals surface area contributed by atoms with Gasteiger partial charge in [-0.05, 0) is 42.2 Å². The van der Waals surface area contributed by atoms with Gasteiger partial charge in [-0.1, -0.05) is 38.1 Å². The Morgan fingerprint density at radius 3 is 2.26 bits per heavy atom. The average molecular weight is 333 g/mol. The van der Waals surface area contributed by atoms with Gasteiger partial charge in [0.05, 0.1) is 16.1 Å². The Bertz CT molecular complexity index is 796. The quantitative estimate of drug-likeness (QED) is 0.849. The van der Waals surface area contributed by atoms with Gasteiger partial charge in [0.25, 0.3) is 10.0 Å². The van der Waals surface area contributed by atoms with Crippen molar-refractivity contribution in [3.8, 4) is 0 Å². The lowest BCUT2D eigenvalue weighted by Gasteiger charge is -2.11. The molecule has 0 fully saturated rings. The van der Waals surface area contributed by atoms with Crippen LogP contribution in [0.3, 0.4) is 0 Å². The third kappa shape index (κ3) is 4.32. The lowest BCUT2D eigenvalue weighted by molar-refractivity contribution is 0.0698. The number of carboxylic acid groups (broad SMARTS) is 1. The van der Waals surface area contributed by atoms with Crippen LogP contribution >= 0.6 is 0 Å². The molecule has 2 N–H and O–H groups in total. The highest BCUT2D eigenvalue weighted by Crippen LogP contribution is 2.21. The summed E-state index contributed by atoms with van der Waals surface area (Å²) >= 11 is 0. The minimum atomic E-state index is -3.83. The predicted molar refractivity (Wildman–Crippen MR) is 89.2 cm³/mol. The summed E-state index contributed by atoms with van der Waals surface area (Å²) in [7, 11) is -3.83. The zero-order chi connectivity index (χ0) is 17.0. The van der Waals surface area contributed by atoms with E-state index in [1.54, 1.807) is 24.3 Å². The molecule has 0 saturated carbocycles. The summed E-state index contributed by atoms with van der Waals surface area (Å²) in [5, 5.41) is 9.12. The summed E-state index contributed by atoms with van der Waals surface area (Å²) in [4.78, 5) is 11.3.